The van der Waals surface area contributed by atoms with Crippen molar-refractivity contribution in [2.75, 3.05) is 18.9 Å². The minimum absolute atomic E-state index is 0.170. The van der Waals surface area contributed by atoms with Gasteiger partial charge in [-0.3, -0.25) is 4.68 Å². The molecule has 0 bridgehead atoms. The third-order valence-corrected chi connectivity index (χ3v) is 4.87. The molecule has 1 aliphatic heterocycles. The molecule has 3 aromatic rings. The van der Waals surface area contributed by atoms with E-state index in [-0.39, 0.29) is 12.0 Å². The SMILES string of the molecule is N#C[C@@H]1CCCOC[C@H]1n1nc(N)c2c(OCc3ccccc3)nccc21. The molecule has 3 heterocycles. The molecule has 2 aromatic heterocycles. The number of fused-ring (bicyclic) bond motifs is 1. The van der Waals surface area contributed by atoms with E-state index in [0.29, 0.717) is 36.9 Å². The van der Waals surface area contributed by atoms with Gasteiger partial charge in [0, 0.05) is 12.8 Å². The average Bonchev–Trinajstić information content (AvgIpc) is 2.89. The van der Waals surface area contributed by atoms with Gasteiger partial charge in [0.2, 0.25) is 5.88 Å². The molecule has 2 N–H and O–H groups in total. The van der Waals surface area contributed by atoms with Gasteiger partial charge in [0.05, 0.1) is 30.2 Å². The van der Waals surface area contributed by atoms with Crippen LogP contribution in [0, 0.1) is 17.2 Å². The first-order valence-corrected chi connectivity index (χ1v) is 9.04. The van der Waals surface area contributed by atoms with Crippen LogP contribution in [-0.4, -0.2) is 28.0 Å². The van der Waals surface area contributed by atoms with Gasteiger partial charge < -0.3 is 15.2 Å². The van der Waals surface area contributed by atoms with Crippen molar-refractivity contribution >= 4 is 16.7 Å². The van der Waals surface area contributed by atoms with Crippen molar-refractivity contribution in [3.8, 4) is 11.9 Å². The summed E-state index contributed by atoms with van der Waals surface area (Å²) in [6, 6.07) is 14.0. The fourth-order valence-corrected chi connectivity index (χ4v) is 3.48. The van der Waals surface area contributed by atoms with Gasteiger partial charge in [-0.25, -0.2) is 4.98 Å². The quantitative estimate of drug-likeness (QED) is 0.765. The van der Waals surface area contributed by atoms with Crippen LogP contribution < -0.4 is 10.5 Å². The Kier molecular flexibility index (Phi) is 4.90. The molecule has 27 heavy (non-hydrogen) atoms. The largest absolute Gasteiger partial charge is 0.472 e. The topological polar surface area (TPSA) is 99.0 Å². The molecule has 1 aliphatic rings. The number of pyridine rings is 1. The summed E-state index contributed by atoms with van der Waals surface area (Å²) in [4.78, 5) is 4.35. The average molecular weight is 363 g/mol. The lowest BCUT2D eigenvalue weighted by atomic mass is 9.97. The first kappa shape index (κ1) is 17.3. The third-order valence-electron chi connectivity index (χ3n) is 4.87. The molecule has 0 spiro atoms. The lowest BCUT2D eigenvalue weighted by molar-refractivity contribution is 0.110. The zero-order valence-electron chi connectivity index (χ0n) is 14.9. The van der Waals surface area contributed by atoms with Gasteiger partial charge in [0.1, 0.15) is 12.0 Å². The van der Waals surface area contributed by atoms with Gasteiger partial charge in [-0.2, -0.15) is 10.4 Å². The molecule has 1 aromatic carbocycles. The van der Waals surface area contributed by atoms with Gasteiger partial charge >= 0.3 is 0 Å². The number of aromatic nitrogens is 3. The highest BCUT2D eigenvalue weighted by Crippen LogP contribution is 2.34. The normalized spacial score (nSPS) is 20.1. The Bertz CT molecular complexity index is 964. The molecule has 0 unspecified atom stereocenters. The Morgan fingerprint density at radius 2 is 2.15 bits per heavy atom. The van der Waals surface area contributed by atoms with E-state index in [0.717, 1.165) is 23.9 Å². The number of hydrogen-bond acceptors (Lipinski definition) is 6. The highest BCUT2D eigenvalue weighted by Gasteiger charge is 2.29. The Morgan fingerprint density at radius 1 is 1.30 bits per heavy atom. The molecule has 1 saturated heterocycles. The van der Waals surface area contributed by atoms with Crippen LogP contribution in [-0.2, 0) is 11.3 Å². The summed E-state index contributed by atoms with van der Waals surface area (Å²) in [5.74, 6) is 0.627. The van der Waals surface area contributed by atoms with Crippen molar-refractivity contribution in [2.24, 2.45) is 5.92 Å². The van der Waals surface area contributed by atoms with E-state index in [1.165, 1.54) is 0 Å². The van der Waals surface area contributed by atoms with Crippen molar-refractivity contribution in [2.45, 2.75) is 25.5 Å². The van der Waals surface area contributed by atoms with Gasteiger partial charge in [0.15, 0.2) is 5.82 Å². The predicted molar refractivity (Wildman–Crippen MR) is 101 cm³/mol. The molecule has 1 fully saturated rings. The van der Waals surface area contributed by atoms with Crippen molar-refractivity contribution in [3.05, 3.63) is 48.2 Å². The third kappa shape index (κ3) is 3.44. The van der Waals surface area contributed by atoms with Crippen molar-refractivity contribution in [1.82, 2.24) is 14.8 Å². The molecule has 0 saturated carbocycles. The van der Waals surface area contributed by atoms with E-state index in [1.807, 2.05) is 36.4 Å². The smallest absolute Gasteiger partial charge is 0.227 e. The van der Waals surface area contributed by atoms with Crippen LogP contribution in [0.15, 0.2) is 42.6 Å². The predicted octanol–water partition coefficient (Wildman–Crippen LogP) is 3.08. The van der Waals surface area contributed by atoms with Crippen LogP contribution in [0.1, 0.15) is 24.4 Å². The summed E-state index contributed by atoms with van der Waals surface area (Å²) < 4.78 is 13.4. The Labute approximate surface area is 157 Å². The van der Waals surface area contributed by atoms with Crippen molar-refractivity contribution < 1.29 is 9.47 Å². The second-order valence-electron chi connectivity index (χ2n) is 6.63. The number of ether oxygens (including phenoxy) is 2. The summed E-state index contributed by atoms with van der Waals surface area (Å²) in [6.07, 6.45) is 3.33. The van der Waals surface area contributed by atoms with Crippen LogP contribution in [0.2, 0.25) is 0 Å². The second kappa shape index (κ2) is 7.64. The molecule has 7 nitrogen and oxygen atoms in total. The lowest BCUT2D eigenvalue weighted by Crippen LogP contribution is -2.22. The van der Waals surface area contributed by atoms with Crippen LogP contribution >= 0.6 is 0 Å². The minimum Gasteiger partial charge on any atom is -0.472 e. The maximum absolute atomic E-state index is 9.58. The van der Waals surface area contributed by atoms with E-state index in [4.69, 9.17) is 15.2 Å². The number of nitriles is 1. The Balaban J connectivity index is 1.69. The highest BCUT2D eigenvalue weighted by molar-refractivity contribution is 5.93. The van der Waals surface area contributed by atoms with Gasteiger partial charge in [0.25, 0.3) is 0 Å². The Morgan fingerprint density at radius 3 is 2.96 bits per heavy atom. The number of benzene rings is 1. The number of hydrogen-bond donors (Lipinski definition) is 1. The van der Waals surface area contributed by atoms with E-state index in [2.05, 4.69) is 16.2 Å². The van der Waals surface area contributed by atoms with Crippen molar-refractivity contribution in [1.29, 1.82) is 5.26 Å². The molecule has 138 valence electrons. The summed E-state index contributed by atoms with van der Waals surface area (Å²) in [6.45, 7) is 1.50. The van der Waals surface area contributed by atoms with Crippen molar-refractivity contribution in [3.63, 3.8) is 0 Å². The Hall–Kier alpha value is -3.11. The maximum Gasteiger partial charge on any atom is 0.227 e. The molecular weight excluding hydrogens is 342 g/mol. The van der Waals surface area contributed by atoms with Gasteiger partial charge in [-0.15, -0.1) is 0 Å². The molecule has 0 radical (unpaired) electrons. The van der Waals surface area contributed by atoms with E-state index in [1.54, 1.807) is 10.9 Å². The van der Waals surface area contributed by atoms with E-state index >= 15 is 0 Å². The fraction of sp³-hybridized carbons (Fsp3) is 0.350. The van der Waals surface area contributed by atoms with Gasteiger partial charge in [-0.05, 0) is 24.5 Å². The summed E-state index contributed by atoms with van der Waals surface area (Å²) in [7, 11) is 0. The maximum atomic E-state index is 9.58. The molecule has 2 atom stereocenters. The number of anilines is 1. The van der Waals surface area contributed by atoms with Crippen LogP contribution in [0.4, 0.5) is 5.82 Å². The molecule has 0 aliphatic carbocycles. The standard InChI is InChI=1S/C20H21N5O2/c21-11-15-7-4-10-26-13-17(15)25-16-8-9-23-20(18(16)19(22)24-25)27-12-14-5-2-1-3-6-14/h1-3,5-6,8-9,15,17H,4,7,10,12-13H2,(H2,22,24)/t15-,17+/m0/s1. The van der Waals surface area contributed by atoms with Crippen LogP contribution in [0.3, 0.4) is 0 Å². The molecule has 4 rings (SSSR count). The molecule has 0 amide bonds. The summed E-state index contributed by atoms with van der Waals surface area (Å²) in [5.41, 5.74) is 8.06. The first-order valence-electron chi connectivity index (χ1n) is 9.04. The van der Waals surface area contributed by atoms with E-state index in [9.17, 15) is 5.26 Å². The zero-order chi connectivity index (χ0) is 18.6. The van der Waals surface area contributed by atoms with E-state index < -0.39 is 0 Å². The fourth-order valence-electron chi connectivity index (χ4n) is 3.48. The zero-order valence-corrected chi connectivity index (χ0v) is 14.9. The van der Waals surface area contributed by atoms with Crippen LogP contribution in [0.25, 0.3) is 10.9 Å². The minimum atomic E-state index is -0.179. The number of nitrogens with zero attached hydrogens (tertiary/aromatic N) is 4. The van der Waals surface area contributed by atoms with Crippen LogP contribution in [0.5, 0.6) is 5.88 Å². The number of nitrogen functional groups attached to an aromatic ring is 1. The first-order chi connectivity index (χ1) is 13.3. The monoisotopic (exact) mass is 363 g/mol. The number of nitrogens with two attached hydrogens (primary N) is 1. The summed E-state index contributed by atoms with van der Waals surface area (Å²) in [5, 5.41) is 14.8. The lowest BCUT2D eigenvalue weighted by Gasteiger charge is -2.20. The van der Waals surface area contributed by atoms with Gasteiger partial charge in [-0.1, -0.05) is 30.3 Å². The molecular formula is C20H21N5O2. The highest BCUT2D eigenvalue weighted by atomic mass is 16.5. The summed E-state index contributed by atoms with van der Waals surface area (Å²) >= 11 is 0. The number of rotatable bonds is 4. The second-order valence-corrected chi connectivity index (χ2v) is 6.63. The molecule has 7 heteroatoms.